The summed E-state index contributed by atoms with van der Waals surface area (Å²) >= 11 is 0. The van der Waals surface area contributed by atoms with Crippen LogP contribution >= 0.6 is 0 Å². The molecule has 2 aliphatic heterocycles. The number of H-pyrrole nitrogens is 1. The molecule has 2 saturated heterocycles. The second-order valence-electron chi connectivity index (χ2n) is 10.7. The van der Waals surface area contributed by atoms with Gasteiger partial charge in [0, 0.05) is 74.5 Å². The Morgan fingerprint density at radius 1 is 1.02 bits per heavy atom. The zero-order valence-corrected chi connectivity index (χ0v) is 23.6. The Labute approximate surface area is 244 Å². The maximum absolute atomic E-state index is 16.1. The number of hydrogen-bond acceptors (Lipinski definition) is 7. The van der Waals surface area contributed by atoms with Gasteiger partial charge in [0.1, 0.15) is 17.3 Å². The molecule has 2 N–H and O–H groups in total. The Morgan fingerprint density at radius 2 is 1.79 bits per heavy atom. The number of aromatic amines is 1. The lowest BCUT2D eigenvalue weighted by atomic mass is 9.86. The van der Waals surface area contributed by atoms with Gasteiger partial charge in [0.15, 0.2) is 17.4 Å². The maximum atomic E-state index is 16.1. The molecule has 2 fully saturated rings. The van der Waals surface area contributed by atoms with Crippen molar-refractivity contribution in [3.63, 3.8) is 0 Å². The number of piperazine rings is 1. The van der Waals surface area contributed by atoms with Gasteiger partial charge in [0.05, 0.1) is 32.5 Å². The lowest BCUT2D eigenvalue weighted by molar-refractivity contribution is -0.0280. The van der Waals surface area contributed by atoms with Crippen molar-refractivity contribution in [2.24, 2.45) is 0 Å². The van der Waals surface area contributed by atoms with Crippen LogP contribution in [0.1, 0.15) is 28.4 Å². The van der Waals surface area contributed by atoms with Crippen LogP contribution in [0.15, 0.2) is 42.9 Å². The van der Waals surface area contributed by atoms with Gasteiger partial charge in [-0.05, 0) is 29.3 Å². The number of piperidine rings is 1. The largest absolute Gasteiger partial charge is 0.496 e. The first-order valence-corrected chi connectivity index (χ1v) is 13.8. The summed E-state index contributed by atoms with van der Waals surface area (Å²) in [4.78, 5) is 28.5. The van der Waals surface area contributed by atoms with E-state index in [1.807, 2.05) is 4.90 Å². The quantitative estimate of drug-likeness (QED) is 0.314. The molecule has 6 rings (SSSR count). The van der Waals surface area contributed by atoms with Crippen LogP contribution in [0.4, 0.5) is 23.4 Å². The van der Waals surface area contributed by atoms with E-state index >= 15 is 4.39 Å². The van der Waals surface area contributed by atoms with Gasteiger partial charge < -0.3 is 29.6 Å². The maximum Gasteiger partial charge on any atom is 0.270 e. The Morgan fingerprint density at radius 3 is 2.51 bits per heavy atom. The number of aromatic nitrogens is 3. The number of hydrogen-bond donors (Lipinski definition) is 2. The molecule has 226 valence electrons. The third-order valence-electron chi connectivity index (χ3n) is 8.05. The highest BCUT2D eigenvalue weighted by molar-refractivity contribution is 6.04. The molecule has 2 aliphatic rings. The number of halogens is 4. The summed E-state index contributed by atoms with van der Waals surface area (Å²) in [5, 5.41) is 3.12. The van der Waals surface area contributed by atoms with Gasteiger partial charge in [0.25, 0.3) is 11.8 Å². The summed E-state index contributed by atoms with van der Waals surface area (Å²) in [7, 11) is 2.93. The number of carbonyl (C=O) groups is 1. The summed E-state index contributed by atoms with van der Waals surface area (Å²) in [6.07, 6.45) is 3.73. The number of amides is 1. The van der Waals surface area contributed by atoms with E-state index in [0.29, 0.717) is 60.0 Å². The highest BCUT2D eigenvalue weighted by Gasteiger charge is 2.38. The third-order valence-corrected chi connectivity index (χ3v) is 8.05. The van der Waals surface area contributed by atoms with Crippen LogP contribution < -0.4 is 19.7 Å². The van der Waals surface area contributed by atoms with E-state index in [-0.39, 0.29) is 29.2 Å². The van der Waals surface area contributed by atoms with Crippen molar-refractivity contribution in [1.29, 1.82) is 0 Å². The molecular formula is C30H30F4N6O3. The summed E-state index contributed by atoms with van der Waals surface area (Å²) in [5.41, 5.74) is 1.39. The average molecular weight is 599 g/mol. The molecule has 0 radical (unpaired) electrons. The number of nitrogens with zero attached hydrogens (tertiary/aromatic N) is 4. The zero-order valence-electron chi connectivity index (χ0n) is 23.6. The zero-order chi connectivity index (χ0) is 30.3. The van der Waals surface area contributed by atoms with Crippen LogP contribution in [0.5, 0.6) is 11.5 Å². The predicted octanol–water partition coefficient (Wildman–Crippen LogP) is 4.59. The van der Waals surface area contributed by atoms with Gasteiger partial charge in [-0.15, -0.1) is 0 Å². The van der Waals surface area contributed by atoms with E-state index in [2.05, 4.69) is 20.3 Å². The number of rotatable bonds is 6. The SMILES string of the molecule is COc1ccncc1-c1cc(C2CNCC(F)(F)C2)c(F)c2[nH]c(C(=O)N3CCN(c4ncc(F)cc4OC)CC3)cc12. The number of benzene rings is 1. The van der Waals surface area contributed by atoms with Crippen molar-refractivity contribution >= 4 is 22.6 Å². The average Bonchev–Trinajstić information content (AvgIpc) is 3.47. The van der Waals surface area contributed by atoms with Gasteiger partial charge in [-0.1, -0.05) is 0 Å². The van der Waals surface area contributed by atoms with Gasteiger partial charge in [-0.25, -0.2) is 22.5 Å². The molecule has 0 saturated carbocycles. The van der Waals surface area contributed by atoms with E-state index in [0.717, 1.165) is 6.20 Å². The molecular weight excluding hydrogens is 568 g/mol. The minimum atomic E-state index is -2.98. The highest BCUT2D eigenvalue weighted by atomic mass is 19.3. The Bertz CT molecular complexity index is 1670. The Balaban J connectivity index is 1.35. The highest BCUT2D eigenvalue weighted by Crippen LogP contribution is 2.42. The van der Waals surface area contributed by atoms with Gasteiger partial charge in [0.2, 0.25) is 0 Å². The summed E-state index contributed by atoms with van der Waals surface area (Å²) in [6.45, 7) is 1.22. The van der Waals surface area contributed by atoms with Crippen molar-refractivity contribution in [3.05, 3.63) is 65.7 Å². The number of fused-ring (bicyclic) bond motifs is 1. The van der Waals surface area contributed by atoms with Crippen molar-refractivity contribution < 1.29 is 31.8 Å². The van der Waals surface area contributed by atoms with Crippen LogP contribution in [-0.2, 0) is 0 Å². The number of carbonyl (C=O) groups excluding carboxylic acids is 1. The number of ether oxygens (including phenoxy) is 2. The first kappa shape index (κ1) is 28.7. The molecule has 0 aliphatic carbocycles. The minimum Gasteiger partial charge on any atom is -0.496 e. The third kappa shape index (κ3) is 5.44. The Kier molecular flexibility index (Phi) is 7.59. The summed E-state index contributed by atoms with van der Waals surface area (Å²) in [5.74, 6) is -4.06. The van der Waals surface area contributed by atoms with Crippen molar-refractivity contribution in [1.82, 2.24) is 25.2 Å². The number of anilines is 1. The number of pyridine rings is 2. The monoisotopic (exact) mass is 598 g/mol. The molecule has 1 atom stereocenters. The van der Waals surface area contributed by atoms with Crippen molar-refractivity contribution in [3.8, 4) is 22.6 Å². The molecule has 1 aromatic carbocycles. The summed E-state index contributed by atoms with van der Waals surface area (Å²) in [6, 6.07) is 6.06. The predicted molar refractivity (Wildman–Crippen MR) is 152 cm³/mol. The lowest BCUT2D eigenvalue weighted by Gasteiger charge is -2.35. The molecule has 13 heteroatoms. The van der Waals surface area contributed by atoms with E-state index in [1.54, 1.807) is 35.5 Å². The van der Waals surface area contributed by atoms with Crippen molar-refractivity contribution in [2.45, 2.75) is 18.3 Å². The molecule has 1 unspecified atom stereocenters. The van der Waals surface area contributed by atoms with Gasteiger partial charge in [-0.2, -0.15) is 0 Å². The second-order valence-corrected chi connectivity index (χ2v) is 10.7. The van der Waals surface area contributed by atoms with Gasteiger partial charge >= 0.3 is 0 Å². The molecule has 9 nitrogen and oxygen atoms in total. The first-order valence-electron chi connectivity index (χ1n) is 13.8. The second kappa shape index (κ2) is 11.4. The smallest absolute Gasteiger partial charge is 0.270 e. The van der Waals surface area contributed by atoms with Gasteiger partial charge in [-0.3, -0.25) is 9.78 Å². The first-order chi connectivity index (χ1) is 20.7. The molecule has 4 aromatic rings. The number of methoxy groups -OCH3 is 2. The topological polar surface area (TPSA) is 95.6 Å². The van der Waals surface area contributed by atoms with Crippen LogP contribution in [0, 0.1) is 11.6 Å². The fourth-order valence-electron chi connectivity index (χ4n) is 5.93. The molecule has 3 aromatic heterocycles. The Hall–Kier alpha value is -4.39. The standard InChI is InChI=1S/C30H30F4N6O3/c1-42-24-3-4-35-15-22(24)20-10-19(17-12-30(33,34)16-36-13-17)26(32)27-21(20)11-23(38-27)29(41)40-7-5-39(6-8-40)28-25(43-2)9-18(31)14-37-28/h3-4,9-11,14-15,17,36,38H,5-8,12-13,16H2,1-2H3. The molecule has 1 amide bonds. The fraction of sp³-hybridized carbons (Fsp3) is 0.367. The van der Waals surface area contributed by atoms with Crippen LogP contribution in [0.25, 0.3) is 22.0 Å². The van der Waals surface area contributed by atoms with Crippen LogP contribution in [0.2, 0.25) is 0 Å². The number of alkyl halides is 2. The van der Waals surface area contributed by atoms with Crippen LogP contribution in [0.3, 0.4) is 0 Å². The van der Waals surface area contributed by atoms with Crippen molar-refractivity contribution in [2.75, 3.05) is 58.4 Å². The lowest BCUT2D eigenvalue weighted by Crippen LogP contribution is -2.49. The molecule has 5 heterocycles. The van der Waals surface area contributed by atoms with Crippen LogP contribution in [-0.4, -0.2) is 85.2 Å². The molecule has 43 heavy (non-hydrogen) atoms. The van der Waals surface area contributed by atoms with E-state index in [1.165, 1.54) is 20.3 Å². The van der Waals surface area contributed by atoms with E-state index in [4.69, 9.17) is 9.47 Å². The van der Waals surface area contributed by atoms with E-state index in [9.17, 15) is 18.0 Å². The fourth-order valence-corrected chi connectivity index (χ4v) is 5.93. The van der Waals surface area contributed by atoms with E-state index < -0.39 is 36.4 Å². The normalized spacial score (nSPS) is 18.6. The summed E-state index contributed by atoms with van der Waals surface area (Å²) < 4.78 is 69.2. The minimum absolute atomic E-state index is 0.0505. The molecule has 0 spiro atoms. The number of nitrogens with one attached hydrogen (secondary N) is 2. The molecule has 0 bridgehead atoms.